The number of nitrogens with zero attached hydrogens (tertiary/aromatic N) is 2. The fraction of sp³-hybridized carbons (Fsp3) is 0.923. The van der Waals surface area contributed by atoms with Crippen LogP contribution in [-0.4, -0.2) is 43.1 Å². The molecule has 3 N–H and O–H groups in total. The Labute approximate surface area is 105 Å². The van der Waals surface area contributed by atoms with E-state index in [4.69, 9.17) is 5.73 Å². The van der Waals surface area contributed by atoms with Crippen LogP contribution in [0.3, 0.4) is 0 Å². The van der Waals surface area contributed by atoms with E-state index >= 15 is 0 Å². The number of guanidine groups is 1. The van der Waals surface area contributed by atoms with Crippen molar-refractivity contribution in [2.45, 2.75) is 45.6 Å². The molecule has 1 aliphatic carbocycles. The molecular weight excluding hydrogens is 212 g/mol. The highest BCUT2D eigenvalue weighted by Crippen LogP contribution is 2.44. The summed E-state index contributed by atoms with van der Waals surface area (Å²) in [5.41, 5.74) is 6.35. The van der Waals surface area contributed by atoms with E-state index in [9.17, 15) is 0 Å². The fourth-order valence-corrected chi connectivity index (χ4v) is 2.47. The summed E-state index contributed by atoms with van der Waals surface area (Å²) in [5, 5.41) is 3.28. The largest absolute Gasteiger partial charge is 0.370 e. The van der Waals surface area contributed by atoms with Crippen molar-refractivity contribution < 1.29 is 0 Å². The van der Waals surface area contributed by atoms with Gasteiger partial charge in [0.1, 0.15) is 0 Å². The number of rotatable bonds is 5. The van der Waals surface area contributed by atoms with Gasteiger partial charge >= 0.3 is 0 Å². The average Bonchev–Trinajstić information content (AvgIpc) is 2.90. The van der Waals surface area contributed by atoms with Gasteiger partial charge in [0.2, 0.25) is 0 Å². The molecule has 1 saturated carbocycles. The van der Waals surface area contributed by atoms with Crippen molar-refractivity contribution in [3.63, 3.8) is 0 Å². The number of nitrogens with two attached hydrogens (primary N) is 1. The molecule has 2 rings (SSSR count). The number of likely N-dealkylation sites (N-methyl/N-ethyl adjacent to an activating group) is 1. The van der Waals surface area contributed by atoms with Crippen molar-refractivity contribution in [3.05, 3.63) is 0 Å². The quantitative estimate of drug-likeness (QED) is 0.558. The highest BCUT2D eigenvalue weighted by molar-refractivity contribution is 5.77. The summed E-state index contributed by atoms with van der Waals surface area (Å²) in [6.45, 7) is 8.70. The summed E-state index contributed by atoms with van der Waals surface area (Å²) in [4.78, 5) is 6.95. The Kier molecular flexibility index (Phi) is 3.92. The Bertz CT molecular complexity index is 283. The molecule has 0 bridgehead atoms. The third-order valence-corrected chi connectivity index (χ3v) is 4.16. The number of aliphatic imine (C=N–C) groups is 1. The molecule has 0 spiro atoms. The molecule has 98 valence electrons. The molecule has 1 unspecified atom stereocenters. The molecule has 17 heavy (non-hydrogen) atoms. The van der Waals surface area contributed by atoms with Crippen LogP contribution in [0.2, 0.25) is 0 Å². The second-order valence-corrected chi connectivity index (χ2v) is 5.82. The Hall–Kier alpha value is -0.770. The first-order valence-corrected chi connectivity index (χ1v) is 6.91. The molecule has 2 fully saturated rings. The Morgan fingerprint density at radius 1 is 1.53 bits per heavy atom. The zero-order valence-electron chi connectivity index (χ0n) is 11.2. The maximum atomic E-state index is 5.89. The summed E-state index contributed by atoms with van der Waals surface area (Å²) in [6.07, 6.45) is 5.20. The summed E-state index contributed by atoms with van der Waals surface area (Å²) in [5.74, 6) is 0.626. The van der Waals surface area contributed by atoms with Crippen LogP contribution in [0.15, 0.2) is 4.99 Å². The van der Waals surface area contributed by atoms with Crippen molar-refractivity contribution in [3.8, 4) is 0 Å². The van der Waals surface area contributed by atoms with Gasteiger partial charge in [0, 0.05) is 19.1 Å². The Morgan fingerprint density at radius 2 is 2.29 bits per heavy atom. The minimum Gasteiger partial charge on any atom is -0.370 e. The van der Waals surface area contributed by atoms with Crippen molar-refractivity contribution in [2.24, 2.45) is 16.1 Å². The van der Waals surface area contributed by atoms with Crippen LogP contribution in [0.1, 0.15) is 39.5 Å². The van der Waals surface area contributed by atoms with Gasteiger partial charge in [-0.05, 0) is 44.2 Å². The molecule has 4 heteroatoms. The van der Waals surface area contributed by atoms with Gasteiger partial charge in [-0.3, -0.25) is 9.89 Å². The summed E-state index contributed by atoms with van der Waals surface area (Å²) < 4.78 is 0. The predicted molar refractivity (Wildman–Crippen MR) is 72.1 cm³/mol. The molecule has 0 amide bonds. The topological polar surface area (TPSA) is 53.6 Å². The van der Waals surface area contributed by atoms with E-state index in [1.54, 1.807) is 0 Å². The van der Waals surface area contributed by atoms with Crippen molar-refractivity contribution >= 4 is 5.96 Å². The third kappa shape index (κ3) is 3.60. The lowest BCUT2D eigenvalue weighted by Gasteiger charge is -2.23. The summed E-state index contributed by atoms with van der Waals surface area (Å²) in [6, 6.07) is 0.644. The van der Waals surface area contributed by atoms with Crippen LogP contribution in [0.5, 0.6) is 0 Å². The fourth-order valence-electron chi connectivity index (χ4n) is 2.47. The van der Waals surface area contributed by atoms with Gasteiger partial charge < -0.3 is 11.1 Å². The molecule has 0 aromatic carbocycles. The van der Waals surface area contributed by atoms with Gasteiger partial charge in [-0.25, -0.2) is 0 Å². The van der Waals surface area contributed by atoms with Crippen LogP contribution < -0.4 is 11.1 Å². The number of likely N-dealkylation sites (tertiary alicyclic amines) is 1. The molecule has 2 aliphatic rings. The Morgan fingerprint density at radius 3 is 2.94 bits per heavy atom. The van der Waals surface area contributed by atoms with Gasteiger partial charge in [-0.1, -0.05) is 13.8 Å². The average molecular weight is 238 g/mol. The number of hydrogen-bond donors (Lipinski definition) is 2. The van der Waals surface area contributed by atoms with E-state index in [0.717, 1.165) is 19.6 Å². The number of hydrogen-bond acceptors (Lipinski definition) is 2. The van der Waals surface area contributed by atoms with Crippen LogP contribution in [-0.2, 0) is 0 Å². The minimum atomic E-state index is 0.453. The Balaban J connectivity index is 1.69. The first kappa shape index (κ1) is 12.7. The highest BCUT2D eigenvalue weighted by atomic mass is 15.2. The molecule has 0 aromatic heterocycles. The lowest BCUT2D eigenvalue weighted by Crippen LogP contribution is -2.42. The van der Waals surface area contributed by atoms with E-state index < -0.39 is 0 Å². The van der Waals surface area contributed by atoms with Crippen LogP contribution >= 0.6 is 0 Å². The molecule has 4 nitrogen and oxygen atoms in total. The van der Waals surface area contributed by atoms with Crippen molar-refractivity contribution in [1.82, 2.24) is 10.2 Å². The van der Waals surface area contributed by atoms with Gasteiger partial charge in [0.25, 0.3) is 0 Å². The van der Waals surface area contributed by atoms with Gasteiger partial charge in [-0.15, -0.1) is 0 Å². The van der Waals surface area contributed by atoms with E-state index in [1.165, 1.54) is 32.2 Å². The van der Waals surface area contributed by atoms with Crippen LogP contribution in [0.25, 0.3) is 0 Å². The monoisotopic (exact) mass is 238 g/mol. The third-order valence-electron chi connectivity index (χ3n) is 4.16. The second kappa shape index (κ2) is 5.25. The highest BCUT2D eigenvalue weighted by Gasteiger charge is 2.36. The molecule has 1 heterocycles. The minimum absolute atomic E-state index is 0.453. The lowest BCUT2D eigenvalue weighted by atomic mass is 10.1. The van der Waals surface area contributed by atoms with Gasteiger partial charge in [0.15, 0.2) is 5.96 Å². The first-order chi connectivity index (χ1) is 8.13. The predicted octanol–water partition coefficient (Wildman–Crippen LogP) is 1.18. The SMILES string of the molecule is CCN1CCCC1CNC(N)=NCC1(C)CC1. The molecular formula is C13H26N4. The van der Waals surface area contributed by atoms with E-state index in [1.807, 2.05) is 0 Å². The molecule has 1 aliphatic heterocycles. The summed E-state index contributed by atoms with van der Waals surface area (Å²) >= 11 is 0. The smallest absolute Gasteiger partial charge is 0.188 e. The van der Waals surface area contributed by atoms with Crippen LogP contribution in [0, 0.1) is 5.41 Å². The summed E-state index contributed by atoms with van der Waals surface area (Å²) in [7, 11) is 0. The van der Waals surface area contributed by atoms with Gasteiger partial charge in [-0.2, -0.15) is 0 Å². The lowest BCUT2D eigenvalue weighted by molar-refractivity contribution is 0.267. The van der Waals surface area contributed by atoms with E-state index in [-0.39, 0.29) is 0 Å². The van der Waals surface area contributed by atoms with Crippen molar-refractivity contribution in [1.29, 1.82) is 0 Å². The number of nitrogens with one attached hydrogen (secondary N) is 1. The zero-order chi connectivity index (χ0) is 12.3. The maximum absolute atomic E-state index is 5.89. The van der Waals surface area contributed by atoms with Crippen LogP contribution in [0.4, 0.5) is 0 Å². The van der Waals surface area contributed by atoms with Crippen molar-refractivity contribution in [2.75, 3.05) is 26.2 Å². The van der Waals surface area contributed by atoms with E-state index in [2.05, 4.69) is 29.1 Å². The molecule has 0 aromatic rings. The van der Waals surface area contributed by atoms with Gasteiger partial charge in [0.05, 0.1) is 0 Å². The molecule has 0 radical (unpaired) electrons. The first-order valence-electron chi connectivity index (χ1n) is 6.91. The second-order valence-electron chi connectivity index (χ2n) is 5.82. The molecule has 1 atom stereocenters. The maximum Gasteiger partial charge on any atom is 0.188 e. The normalized spacial score (nSPS) is 28.4. The zero-order valence-corrected chi connectivity index (χ0v) is 11.2. The standard InChI is InChI=1S/C13H26N4/c1-3-17-8-4-5-11(17)9-15-12(14)16-10-13(2)6-7-13/h11H,3-10H2,1-2H3,(H3,14,15,16). The molecule has 1 saturated heterocycles. The van der Waals surface area contributed by atoms with E-state index in [0.29, 0.717) is 17.4 Å².